The number of hydrogen-bond acceptors (Lipinski definition) is 7. The largest absolute Gasteiger partial charge is 0.454 e. The van der Waals surface area contributed by atoms with E-state index in [9.17, 15) is 14.0 Å². The van der Waals surface area contributed by atoms with Gasteiger partial charge in [-0.2, -0.15) is 0 Å². The summed E-state index contributed by atoms with van der Waals surface area (Å²) >= 11 is 1.14. The summed E-state index contributed by atoms with van der Waals surface area (Å²) in [5.41, 5.74) is 1.44. The molecular weight excluding hydrogens is 449 g/mol. The van der Waals surface area contributed by atoms with E-state index in [1.807, 2.05) is 0 Å². The van der Waals surface area contributed by atoms with Gasteiger partial charge >= 0.3 is 6.03 Å². The van der Waals surface area contributed by atoms with Crippen LogP contribution in [0.3, 0.4) is 0 Å². The molecule has 11 heteroatoms. The number of urea groups is 1. The third-order valence-electron chi connectivity index (χ3n) is 5.49. The second-order valence-electron chi connectivity index (χ2n) is 7.71. The van der Waals surface area contributed by atoms with Crippen molar-refractivity contribution < 1.29 is 23.5 Å². The van der Waals surface area contributed by atoms with Crippen LogP contribution in [0.2, 0.25) is 0 Å². The molecule has 170 valence electrons. The lowest BCUT2D eigenvalue weighted by atomic mass is 10.2. The fourth-order valence-corrected chi connectivity index (χ4v) is 4.64. The number of ether oxygens (including phenoxy) is 2. The molecule has 0 bridgehead atoms. The Morgan fingerprint density at radius 3 is 2.73 bits per heavy atom. The van der Waals surface area contributed by atoms with Crippen LogP contribution in [0.4, 0.5) is 20.6 Å². The van der Waals surface area contributed by atoms with Crippen LogP contribution in [0.25, 0.3) is 0 Å². The molecule has 3 amide bonds. The van der Waals surface area contributed by atoms with Gasteiger partial charge in [0, 0.05) is 24.0 Å². The van der Waals surface area contributed by atoms with Gasteiger partial charge in [-0.15, -0.1) is 10.2 Å². The number of fused-ring (bicyclic) bond motifs is 1. The van der Waals surface area contributed by atoms with Gasteiger partial charge in [-0.25, -0.2) is 9.18 Å². The molecule has 0 spiro atoms. The Bertz CT molecular complexity index is 1230. The van der Waals surface area contributed by atoms with Crippen LogP contribution in [0.15, 0.2) is 36.4 Å². The summed E-state index contributed by atoms with van der Waals surface area (Å²) < 4.78 is 24.4. The van der Waals surface area contributed by atoms with Crippen molar-refractivity contribution in [3.63, 3.8) is 0 Å². The number of nitrogens with zero attached hydrogens (tertiary/aromatic N) is 3. The first-order valence-electron chi connectivity index (χ1n) is 10.4. The van der Waals surface area contributed by atoms with E-state index in [4.69, 9.17) is 9.47 Å². The summed E-state index contributed by atoms with van der Waals surface area (Å²) in [6.07, 6.45) is 1.49. The van der Waals surface area contributed by atoms with E-state index in [-0.39, 0.29) is 29.7 Å². The van der Waals surface area contributed by atoms with Crippen LogP contribution < -0.4 is 20.1 Å². The molecule has 0 aliphatic carbocycles. The van der Waals surface area contributed by atoms with E-state index in [0.29, 0.717) is 46.4 Å². The Morgan fingerprint density at radius 1 is 1.09 bits per heavy atom. The van der Waals surface area contributed by atoms with Crippen LogP contribution in [-0.4, -0.2) is 40.4 Å². The highest BCUT2D eigenvalue weighted by atomic mass is 32.1. The lowest BCUT2D eigenvalue weighted by Gasteiger charge is -2.23. The summed E-state index contributed by atoms with van der Waals surface area (Å²) in [4.78, 5) is 27.1. The van der Waals surface area contributed by atoms with Gasteiger partial charge in [0.2, 0.25) is 11.8 Å². The fourth-order valence-electron chi connectivity index (χ4n) is 3.75. The maximum Gasteiger partial charge on any atom is 0.322 e. The molecule has 0 unspecified atom stereocenters. The molecule has 1 fully saturated rings. The number of hydrogen-bond donors (Lipinski definition) is 2. The predicted molar refractivity (Wildman–Crippen MR) is 119 cm³/mol. The zero-order valence-electron chi connectivity index (χ0n) is 17.6. The van der Waals surface area contributed by atoms with Crippen LogP contribution >= 0.6 is 11.3 Å². The maximum absolute atomic E-state index is 13.8. The summed E-state index contributed by atoms with van der Waals surface area (Å²) in [6, 6.07) is 9.03. The van der Waals surface area contributed by atoms with Gasteiger partial charge in [-0.1, -0.05) is 17.4 Å². The number of anilines is 2. The third-order valence-corrected chi connectivity index (χ3v) is 6.51. The molecule has 0 radical (unpaired) electrons. The van der Waals surface area contributed by atoms with E-state index in [2.05, 4.69) is 20.8 Å². The first-order chi connectivity index (χ1) is 16.0. The zero-order chi connectivity index (χ0) is 22.9. The second-order valence-corrected chi connectivity index (χ2v) is 8.72. The number of benzene rings is 2. The van der Waals surface area contributed by atoms with Crippen molar-refractivity contribution in [1.82, 2.24) is 15.1 Å². The Morgan fingerprint density at radius 2 is 1.88 bits per heavy atom. The molecule has 33 heavy (non-hydrogen) atoms. The van der Waals surface area contributed by atoms with E-state index in [1.165, 1.54) is 6.07 Å². The summed E-state index contributed by atoms with van der Waals surface area (Å²) in [6.45, 7) is 2.34. The molecule has 2 aliphatic rings. The average molecular weight is 469 g/mol. The first-order valence-corrected chi connectivity index (χ1v) is 11.2. The lowest BCUT2D eigenvalue weighted by Crippen LogP contribution is -2.34. The summed E-state index contributed by atoms with van der Waals surface area (Å²) in [7, 11) is 0. The van der Waals surface area contributed by atoms with Crippen molar-refractivity contribution in [3.8, 4) is 11.5 Å². The predicted octanol–water partition coefficient (Wildman–Crippen LogP) is 4.34. The maximum atomic E-state index is 13.8. The highest BCUT2D eigenvalue weighted by molar-refractivity contribution is 7.13. The number of halogens is 1. The van der Waals surface area contributed by atoms with Gasteiger partial charge < -0.3 is 25.0 Å². The minimum atomic E-state index is -0.401. The van der Waals surface area contributed by atoms with Gasteiger partial charge in [0.1, 0.15) is 10.8 Å². The molecule has 3 aromatic rings. The number of rotatable bonds is 4. The van der Waals surface area contributed by atoms with Crippen molar-refractivity contribution >= 4 is 34.6 Å². The van der Waals surface area contributed by atoms with Gasteiger partial charge in [-0.05, 0) is 49.6 Å². The van der Waals surface area contributed by atoms with E-state index in [0.717, 1.165) is 17.8 Å². The number of aryl methyl sites for hydroxylation is 1. The number of carbonyl (C=O) groups excluding carboxylic acids is 2. The quantitative estimate of drug-likeness (QED) is 0.589. The highest BCUT2D eigenvalue weighted by Gasteiger charge is 2.33. The van der Waals surface area contributed by atoms with Crippen molar-refractivity contribution in [2.24, 2.45) is 0 Å². The van der Waals surface area contributed by atoms with Gasteiger partial charge in [0.25, 0.3) is 5.91 Å². The monoisotopic (exact) mass is 469 g/mol. The fraction of sp³-hybridized carbons (Fsp3) is 0.273. The van der Waals surface area contributed by atoms with E-state index >= 15 is 0 Å². The Kier molecular flexibility index (Phi) is 5.55. The second kappa shape index (κ2) is 8.66. The standard InChI is InChI=1S/C22H20FN5O4S/c1-12-4-5-13(9-15(12)23)25-22(30)28-8-2-3-16(28)20-26-27-21(33-20)19(29)24-14-6-7-17-18(10-14)32-11-31-17/h4-7,9-10,16H,2-3,8,11H2,1H3,(H,24,29)(H,25,30)/t16-/m1/s1. The van der Waals surface area contributed by atoms with Gasteiger partial charge in [0.15, 0.2) is 11.5 Å². The van der Waals surface area contributed by atoms with Gasteiger partial charge in [-0.3, -0.25) is 4.79 Å². The van der Waals surface area contributed by atoms with Crippen molar-refractivity contribution in [3.05, 3.63) is 57.8 Å². The molecular formula is C22H20FN5O4S. The Balaban J connectivity index is 1.26. The molecule has 0 saturated carbocycles. The SMILES string of the molecule is Cc1ccc(NC(=O)N2CCC[C@@H]2c2nnc(C(=O)Nc3ccc4c(c3)OCO4)s2)cc1F. The highest BCUT2D eigenvalue weighted by Crippen LogP contribution is 2.36. The van der Waals surface area contributed by atoms with Crippen molar-refractivity contribution in [1.29, 1.82) is 0 Å². The summed E-state index contributed by atoms with van der Waals surface area (Å²) in [5, 5.41) is 14.5. The molecule has 1 atom stereocenters. The lowest BCUT2D eigenvalue weighted by molar-refractivity contribution is 0.102. The van der Waals surface area contributed by atoms with E-state index < -0.39 is 5.91 Å². The summed E-state index contributed by atoms with van der Waals surface area (Å²) in [5.74, 6) is 0.403. The van der Waals surface area contributed by atoms with Crippen LogP contribution in [0.5, 0.6) is 11.5 Å². The zero-order valence-corrected chi connectivity index (χ0v) is 18.4. The van der Waals surface area contributed by atoms with E-state index in [1.54, 1.807) is 42.2 Å². The average Bonchev–Trinajstić information content (AvgIpc) is 3.55. The minimum absolute atomic E-state index is 0.150. The number of nitrogens with one attached hydrogen (secondary N) is 2. The smallest absolute Gasteiger partial charge is 0.322 e. The Labute approximate surface area is 192 Å². The number of aromatic nitrogens is 2. The number of carbonyl (C=O) groups is 2. The molecule has 2 N–H and O–H groups in total. The van der Waals surface area contributed by atoms with Crippen LogP contribution in [0, 0.1) is 12.7 Å². The number of amides is 3. The molecule has 5 rings (SSSR count). The molecule has 1 saturated heterocycles. The molecule has 9 nitrogen and oxygen atoms in total. The van der Waals surface area contributed by atoms with Crippen LogP contribution in [0.1, 0.15) is 39.3 Å². The molecule has 2 aliphatic heterocycles. The minimum Gasteiger partial charge on any atom is -0.454 e. The van der Waals surface area contributed by atoms with Crippen molar-refractivity contribution in [2.75, 3.05) is 24.0 Å². The molecule has 2 aromatic carbocycles. The van der Waals surface area contributed by atoms with Crippen molar-refractivity contribution in [2.45, 2.75) is 25.8 Å². The topological polar surface area (TPSA) is 106 Å². The normalized spacial score (nSPS) is 16.7. The molecule has 3 heterocycles. The third kappa shape index (κ3) is 4.31. The number of likely N-dealkylation sites (tertiary alicyclic amines) is 1. The van der Waals surface area contributed by atoms with Gasteiger partial charge in [0.05, 0.1) is 6.04 Å². The Hall–Kier alpha value is -3.73. The first kappa shape index (κ1) is 21.1. The molecule has 1 aromatic heterocycles. The van der Waals surface area contributed by atoms with Crippen LogP contribution in [-0.2, 0) is 0 Å².